The molecule has 0 aromatic carbocycles. The van der Waals surface area contributed by atoms with E-state index in [0.29, 0.717) is 5.92 Å². The van der Waals surface area contributed by atoms with Gasteiger partial charge < -0.3 is 9.64 Å². The van der Waals surface area contributed by atoms with Crippen molar-refractivity contribution in [2.45, 2.75) is 19.3 Å². The highest BCUT2D eigenvalue weighted by molar-refractivity contribution is 5.48. The summed E-state index contributed by atoms with van der Waals surface area (Å²) in [7, 11) is 1.70. The van der Waals surface area contributed by atoms with Gasteiger partial charge in [0.05, 0.1) is 25.0 Å². The van der Waals surface area contributed by atoms with E-state index in [9.17, 15) is 0 Å². The zero-order chi connectivity index (χ0) is 12.5. The van der Waals surface area contributed by atoms with Crippen molar-refractivity contribution in [2.75, 3.05) is 26.7 Å². The third kappa shape index (κ3) is 1.86. The third-order valence-electron chi connectivity index (χ3n) is 3.85. The Morgan fingerprint density at radius 2 is 2.33 bits per heavy atom. The Labute approximate surface area is 107 Å². The molecule has 3 heterocycles. The van der Waals surface area contributed by atoms with Gasteiger partial charge >= 0.3 is 0 Å². The van der Waals surface area contributed by atoms with Crippen LogP contribution in [0.3, 0.4) is 0 Å². The molecule has 1 fully saturated rings. The third-order valence-corrected chi connectivity index (χ3v) is 3.85. The van der Waals surface area contributed by atoms with Crippen molar-refractivity contribution in [3.8, 4) is 5.75 Å². The van der Waals surface area contributed by atoms with Gasteiger partial charge in [-0.15, -0.1) is 0 Å². The van der Waals surface area contributed by atoms with E-state index in [1.807, 2.05) is 18.5 Å². The number of fused-ring (bicyclic) bond motifs is 1. The van der Waals surface area contributed by atoms with Crippen LogP contribution in [-0.2, 0) is 0 Å². The Morgan fingerprint density at radius 1 is 1.44 bits per heavy atom. The van der Waals surface area contributed by atoms with Gasteiger partial charge in [0.25, 0.3) is 0 Å². The zero-order valence-electron chi connectivity index (χ0n) is 11.0. The first-order valence-corrected chi connectivity index (χ1v) is 6.55. The average Bonchev–Trinajstić information content (AvgIpc) is 3.03. The van der Waals surface area contributed by atoms with E-state index in [1.165, 1.54) is 18.8 Å². The molecule has 0 amide bonds. The van der Waals surface area contributed by atoms with Gasteiger partial charge in [-0.1, -0.05) is 6.92 Å². The Hall–Kier alpha value is -1.55. The Balaban J connectivity index is 1.96. The molecule has 4 heteroatoms. The van der Waals surface area contributed by atoms with Crippen molar-refractivity contribution in [2.24, 2.45) is 0 Å². The molecule has 1 unspecified atom stereocenters. The lowest BCUT2D eigenvalue weighted by atomic mass is 10.1. The van der Waals surface area contributed by atoms with E-state index in [1.54, 1.807) is 7.11 Å². The summed E-state index contributed by atoms with van der Waals surface area (Å²) < 4.78 is 7.46. The SMILES string of the molecule is CCN1CCC(c2ncc3ccc(OC)cn23)C1. The molecule has 0 saturated carbocycles. The lowest BCUT2D eigenvalue weighted by Crippen LogP contribution is -2.19. The van der Waals surface area contributed by atoms with Crippen LogP contribution in [-0.4, -0.2) is 41.0 Å². The van der Waals surface area contributed by atoms with Crippen LogP contribution in [0.2, 0.25) is 0 Å². The average molecular weight is 245 g/mol. The van der Waals surface area contributed by atoms with Gasteiger partial charge in [-0.05, 0) is 31.6 Å². The van der Waals surface area contributed by atoms with Crippen LogP contribution in [0.1, 0.15) is 25.1 Å². The maximum Gasteiger partial charge on any atom is 0.135 e. The van der Waals surface area contributed by atoms with E-state index < -0.39 is 0 Å². The molecule has 1 atom stereocenters. The number of hydrogen-bond acceptors (Lipinski definition) is 3. The van der Waals surface area contributed by atoms with Crippen molar-refractivity contribution in [3.63, 3.8) is 0 Å². The molecule has 96 valence electrons. The first kappa shape index (κ1) is 11.5. The second kappa shape index (κ2) is 4.61. The minimum absolute atomic E-state index is 0.541. The first-order valence-electron chi connectivity index (χ1n) is 6.55. The fourth-order valence-corrected chi connectivity index (χ4v) is 2.74. The monoisotopic (exact) mass is 245 g/mol. The van der Waals surface area contributed by atoms with Crippen molar-refractivity contribution >= 4 is 5.52 Å². The summed E-state index contributed by atoms with van der Waals surface area (Å²) in [4.78, 5) is 7.08. The molecule has 1 saturated heterocycles. The number of hydrogen-bond donors (Lipinski definition) is 0. The minimum atomic E-state index is 0.541. The Morgan fingerprint density at radius 3 is 3.06 bits per heavy atom. The topological polar surface area (TPSA) is 29.8 Å². The summed E-state index contributed by atoms with van der Waals surface area (Å²) in [6.45, 7) is 5.64. The predicted octanol–water partition coefficient (Wildman–Crippen LogP) is 2.15. The summed E-state index contributed by atoms with van der Waals surface area (Å²) in [5.41, 5.74) is 1.14. The molecule has 1 aliphatic rings. The van der Waals surface area contributed by atoms with Crippen LogP contribution in [0.5, 0.6) is 5.75 Å². The largest absolute Gasteiger partial charge is 0.495 e. The minimum Gasteiger partial charge on any atom is -0.495 e. The molecule has 0 aliphatic carbocycles. The van der Waals surface area contributed by atoms with E-state index in [4.69, 9.17) is 4.74 Å². The van der Waals surface area contributed by atoms with E-state index >= 15 is 0 Å². The zero-order valence-corrected chi connectivity index (χ0v) is 11.0. The second-order valence-electron chi connectivity index (χ2n) is 4.86. The number of rotatable bonds is 3. The van der Waals surface area contributed by atoms with Gasteiger partial charge in [-0.3, -0.25) is 4.40 Å². The maximum atomic E-state index is 5.29. The van der Waals surface area contributed by atoms with Crippen molar-refractivity contribution in [1.82, 2.24) is 14.3 Å². The molecular formula is C14H19N3O. The summed E-state index contributed by atoms with van der Waals surface area (Å²) in [5.74, 6) is 2.59. The van der Waals surface area contributed by atoms with E-state index in [0.717, 1.165) is 24.4 Å². The van der Waals surface area contributed by atoms with Crippen molar-refractivity contribution in [3.05, 3.63) is 30.4 Å². The normalized spacial score (nSPS) is 20.7. The molecule has 4 nitrogen and oxygen atoms in total. The molecule has 0 N–H and O–H groups in total. The van der Waals surface area contributed by atoms with Gasteiger partial charge in [0.1, 0.15) is 11.6 Å². The van der Waals surface area contributed by atoms with E-state index in [2.05, 4.69) is 27.3 Å². The van der Waals surface area contributed by atoms with Crippen molar-refractivity contribution in [1.29, 1.82) is 0 Å². The van der Waals surface area contributed by atoms with Crippen LogP contribution < -0.4 is 4.74 Å². The van der Waals surface area contributed by atoms with Gasteiger partial charge in [0.2, 0.25) is 0 Å². The van der Waals surface area contributed by atoms with Crippen LogP contribution >= 0.6 is 0 Å². The molecule has 2 aromatic heterocycles. The molecule has 2 aromatic rings. The maximum absolute atomic E-state index is 5.29. The van der Waals surface area contributed by atoms with Crippen LogP contribution in [0.4, 0.5) is 0 Å². The number of likely N-dealkylation sites (N-methyl/N-ethyl adjacent to an activating group) is 1. The smallest absolute Gasteiger partial charge is 0.135 e. The second-order valence-corrected chi connectivity index (χ2v) is 4.86. The first-order chi connectivity index (χ1) is 8.81. The highest BCUT2D eigenvalue weighted by Crippen LogP contribution is 2.27. The Bertz CT molecular complexity index is 549. The molecule has 3 rings (SSSR count). The van der Waals surface area contributed by atoms with Gasteiger partial charge in [-0.25, -0.2) is 4.98 Å². The lowest BCUT2D eigenvalue weighted by molar-refractivity contribution is 0.352. The summed E-state index contributed by atoms with van der Waals surface area (Å²) in [6.07, 6.45) is 5.18. The summed E-state index contributed by atoms with van der Waals surface area (Å²) in [5, 5.41) is 0. The number of aromatic nitrogens is 2. The number of nitrogens with zero attached hydrogens (tertiary/aromatic N) is 3. The lowest BCUT2D eigenvalue weighted by Gasteiger charge is -2.12. The van der Waals surface area contributed by atoms with Gasteiger partial charge in [-0.2, -0.15) is 0 Å². The molecule has 0 bridgehead atoms. The summed E-state index contributed by atoms with van der Waals surface area (Å²) >= 11 is 0. The molecule has 18 heavy (non-hydrogen) atoms. The molecule has 0 radical (unpaired) electrons. The predicted molar refractivity (Wildman–Crippen MR) is 71.2 cm³/mol. The van der Waals surface area contributed by atoms with E-state index in [-0.39, 0.29) is 0 Å². The molecule has 0 spiro atoms. The van der Waals surface area contributed by atoms with Crippen molar-refractivity contribution < 1.29 is 4.74 Å². The Kier molecular flexibility index (Phi) is 2.96. The summed E-state index contributed by atoms with van der Waals surface area (Å²) in [6, 6.07) is 4.04. The quantitative estimate of drug-likeness (QED) is 0.830. The number of pyridine rings is 1. The van der Waals surface area contributed by atoms with Gasteiger partial charge in [0.15, 0.2) is 0 Å². The number of methoxy groups -OCH3 is 1. The molecule has 1 aliphatic heterocycles. The molecular weight excluding hydrogens is 226 g/mol. The highest BCUT2D eigenvalue weighted by Gasteiger charge is 2.25. The number of ether oxygens (including phenoxy) is 1. The standard InChI is InChI=1S/C14H19N3O/c1-3-16-7-6-11(9-16)14-15-8-12-4-5-13(18-2)10-17(12)14/h4-5,8,10-11H,3,6-7,9H2,1-2H3. The number of imidazole rings is 1. The van der Waals surface area contributed by atoms with Gasteiger partial charge in [0, 0.05) is 12.5 Å². The van der Waals surface area contributed by atoms with Crippen LogP contribution in [0.15, 0.2) is 24.5 Å². The fourth-order valence-electron chi connectivity index (χ4n) is 2.74. The van der Waals surface area contributed by atoms with Crippen LogP contribution in [0, 0.1) is 0 Å². The van der Waals surface area contributed by atoms with Crippen LogP contribution in [0.25, 0.3) is 5.52 Å². The highest BCUT2D eigenvalue weighted by atomic mass is 16.5. The fraction of sp³-hybridized carbons (Fsp3) is 0.500. The number of likely N-dealkylation sites (tertiary alicyclic amines) is 1.